The lowest BCUT2D eigenvalue weighted by molar-refractivity contribution is 0.0750. The molecular formula is C8H14N4OS. The molecule has 1 rings (SSSR count). The zero-order valence-corrected chi connectivity index (χ0v) is 9.55. The van der Waals surface area contributed by atoms with Crippen LogP contribution in [-0.4, -0.2) is 26.9 Å². The third-order valence-corrected chi connectivity index (χ3v) is 2.17. The van der Waals surface area contributed by atoms with Crippen LogP contribution < -0.4 is 5.73 Å². The molecule has 2 N–H and O–H groups in total. The van der Waals surface area contributed by atoms with Crippen molar-refractivity contribution in [3.8, 4) is 0 Å². The molecule has 0 aliphatic carbocycles. The number of nitrogen functional groups attached to an aromatic ring is 1. The van der Waals surface area contributed by atoms with E-state index in [1.54, 1.807) is 0 Å². The van der Waals surface area contributed by atoms with Gasteiger partial charge in [-0.2, -0.15) is 9.67 Å². The highest BCUT2D eigenvalue weighted by molar-refractivity contribution is 7.98. The number of carbonyl (C=O) groups is 1. The monoisotopic (exact) mass is 214 g/mol. The summed E-state index contributed by atoms with van der Waals surface area (Å²) in [7, 11) is 0. The van der Waals surface area contributed by atoms with Gasteiger partial charge in [0.2, 0.25) is 11.1 Å². The normalized spacial score (nSPS) is 11.7. The van der Waals surface area contributed by atoms with Crippen molar-refractivity contribution in [1.82, 2.24) is 14.8 Å². The molecule has 0 atom stereocenters. The first kappa shape index (κ1) is 11.0. The molecule has 0 fully saturated rings. The second-order valence-corrected chi connectivity index (χ2v) is 4.70. The van der Waals surface area contributed by atoms with Crippen molar-refractivity contribution in [2.45, 2.75) is 25.9 Å². The molecule has 0 aromatic carbocycles. The van der Waals surface area contributed by atoms with Crippen LogP contribution in [0.3, 0.4) is 0 Å². The van der Waals surface area contributed by atoms with E-state index in [-0.39, 0.29) is 11.9 Å². The second-order valence-electron chi connectivity index (χ2n) is 3.92. The minimum absolute atomic E-state index is 0.147. The molecule has 0 saturated heterocycles. The summed E-state index contributed by atoms with van der Waals surface area (Å²) in [6, 6.07) is 0. The molecule has 0 aliphatic rings. The van der Waals surface area contributed by atoms with Gasteiger partial charge in [-0.05, 0) is 6.26 Å². The first-order valence-corrected chi connectivity index (χ1v) is 5.40. The molecule has 0 unspecified atom stereocenters. The summed E-state index contributed by atoms with van der Waals surface area (Å²) < 4.78 is 1.16. The van der Waals surface area contributed by atoms with E-state index >= 15 is 0 Å². The Morgan fingerprint density at radius 2 is 2.07 bits per heavy atom. The Bertz CT molecular complexity index is 353. The minimum atomic E-state index is -0.502. The summed E-state index contributed by atoms with van der Waals surface area (Å²) in [5, 5.41) is 4.50. The molecule has 0 spiro atoms. The van der Waals surface area contributed by atoms with Gasteiger partial charge in [-0.3, -0.25) is 4.79 Å². The van der Waals surface area contributed by atoms with E-state index in [1.165, 1.54) is 11.8 Å². The summed E-state index contributed by atoms with van der Waals surface area (Å²) in [6.45, 7) is 5.44. The molecule has 1 heterocycles. The number of nitrogens with zero attached hydrogens (tertiary/aromatic N) is 3. The van der Waals surface area contributed by atoms with Gasteiger partial charge in [0.15, 0.2) is 0 Å². The molecule has 78 valence electrons. The average Bonchev–Trinajstić information content (AvgIpc) is 2.43. The lowest BCUT2D eigenvalue weighted by Crippen LogP contribution is -2.28. The Balaban J connectivity index is 3.07. The van der Waals surface area contributed by atoms with Crippen LogP contribution in [0.2, 0.25) is 0 Å². The van der Waals surface area contributed by atoms with Crippen LogP contribution in [0.4, 0.5) is 5.95 Å². The van der Waals surface area contributed by atoms with Crippen molar-refractivity contribution in [3.63, 3.8) is 0 Å². The number of thioether (sulfide) groups is 1. The van der Waals surface area contributed by atoms with E-state index in [2.05, 4.69) is 10.1 Å². The van der Waals surface area contributed by atoms with E-state index in [1.807, 2.05) is 27.0 Å². The van der Waals surface area contributed by atoms with Gasteiger partial charge in [-0.15, -0.1) is 5.10 Å². The van der Waals surface area contributed by atoms with E-state index in [9.17, 15) is 4.79 Å². The van der Waals surface area contributed by atoms with Crippen molar-refractivity contribution in [2.75, 3.05) is 12.0 Å². The van der Waals surface area contributed by atoms with Gasteiger partial charge in [-0.25, -0.2) is 0 Å². The Morgan fingerprint density at radius 1 is 1.50 bits per heavy atom. The van der Waals surface area contributed by atoms with Gasteiger partial charge in [0.05, 0.1) is 0 Å². The van der Waals surface area contributed by atoms with Crippen molar-refractivity contribution in [1.29, 1.82) is 0 Å². The molecule has 6 heteroatoms. The van der Waals surface area contributed by atoms with Gasteiger partial charge in [-0.1, -0.05) is 32.5 Å². The predicted molar refractivity (Wildman–Crippen MR) is 56.3 cm³/mol. The van der Waals surface area contributed by atoms with Crippen molar-refractivity contribution < 1.29 is 4.79 Å². The largest absolute Gasteiger partial charge is 0.368 e. The van der Waals surface area contributed by atoms with Crippen LogP contribution in [0.1, 0.15) is 25.6 Å². The Morgan fingerprint density at radius 3 is 2.43 bits per heavy atom. The number of hydrogen-bond acceptors (Lipinski definition) is 5. The minimum Gasteiger partial charge on any atom is -0.368 e. The van der Waals surface area contributed by atoms with Crippen LogP contribution in [0, 0.1) is 5.41 Å². The third kappa shape index (κ3) is 2.06. The van der Waals surface area contributed by atoms with E-state index in [0.717, 1.165) is 4.68 Å². The molecule has 14 heavy (non-hydrogen) atoms. The Kier molecular flexibility index (Phi) is 2.84. The molecule has 1 aromatic heterocycles. The maximum Gasteiger partial charge on any atom is 0.255 e. The quantitative estimate of drug-likeness (QED) is 0.712. The lowest BCUT2D eigenvalue weighted by Gasteiger charge is -2.15. The summed E-state index contributed by atoms with van der Waals surface area (Å²) in [6.07, 6.45) is 1.83. The van der Waals surface area contributed by atoms with Gasteiger partial charge in [0.1, 0.15) is 0 Å². The topological polar surface area (TPSA) is 73.8 Å². The van der Waals surface area contributed by atoms with Crippen LogP contribution in [0.25, 0.3) is 0 Å². The van der Waals surface area contributed by atoms with Crippen molar-refractivity contribution in [2.24, 2.45) is 5.41 Å². The summed E-state index contributed by atoms with van der Waals surface area (Å²) in [4.78, 5) is 15.7. The highest BCUT2D eigenvalue weighted by Gasteiger charge is 2.26. The zero-order valence-electron chi connectivity index (χ0n) is 8.74. The molecule has 0 bridgehead atoms. The molecule has 5 nitrogen and oxygen atoms in total. The number of anilines is 1. The fraction of sp³-hybridized carbons (Fsp3) is 0.625. The second kappa shape index (κ2) is 3.61. The van der Waals surface area contributed by atoms with Gasteiger partial charge in [0.25, 0.3) is 5.91 Å². The summed E-state index contributed by atoms with van der Waals surface area (Å²) in [5.74, 6) is -0.00271. The Hall–Kier alpha value is -1.04. The Labute approximate surface area is 87.1 Å². The molecule has 0 amide bonds. The molecule has 1 aromatic rings. The maximum atomic E-state index is 11.8. The van der Waals surface area contributed by atoms with Crippen molar-refractivity contribution >= 4 is 23.6 Å². The molecule has 0 aliphatic heterocycles. The zero-order chi connectivity index (χ0) is 10.9. The van der Waals surface area contributed by atoms with Crippen LogP contribution >= 0.6 is 11.8 Å². The highest BCUT2D eigenvalue weighted by Crippen LogP contribution is 2.19. The standard InChI is InChI=1S/C8H14N4OS/c1-8(2,3)5(13)12-6(9)10-7(11-12)14-4/h1-4H3,(H2,9,10,11). The van der Waals surface area contributed by atoms with E-state index < -0.39 is 5.41 Å². The number of nitrogens with two attached hydrogens (primary N) is 1. The summed E-state index contributed by atoms with van der Waals surface area (Å²) >= 11 is 1.36. The predicted octanol–water partition coefficient (Wildman–Crippen LogP) is 1.27. The number of rotatable bonds is 1. The highest BCUT2D eigenvalue weighted by atomic mass is 32.2. The molecule has 0 radical (unpaired) electrons. The smallest absolute Gasteiger partial charge is 0.255 e. The van der Waals surface area contributed by atoms with Crippen LogP contribution in [-0.2, 0) is 0 Å². The molecular weight excluding hydrogens is 200 g/mol. The fourth-order valence-corrected chi connectivity index (χ4v) is 1.21. The SMILES string of the molecule is CSc1nc(N)n(C(=O)C(C)(C)C)n1. The van der Waals surface area contributed by atoms with Crippen LogP contribution in [0.5, 0.6) is 0 Å². The van der Waals surface area contributed by atoms with Crippen LogP contribution in [0.15, 0.2) is 5.16 Å². The lowest BCUT2D eigenvalue weighted by atomic mass is 9.96. The maximum absolute atomic E-state index is 11.8. The first-order valence-electron chi connectivity index (χ1n) is 4.17. The summed E-state index contributed by atoms with van der Waals surface area (Å²) in [5.41, 5.74) is 5.07. The van der Waals surface area contributed by atoms with Gasteiger partial charge in [0, 0.05) is 5.41 Å². The fourth-order valence-electron chi connectivity index (χ4n) is 0.858. The number of aromatic nitrogens is 3. The average molecular weight is 214 g/mol. The van der Waals surface area contributed by atoms with E-state index in [0.29, 0.717) is 5.16 Å². The first-order chi connectivity index (χ1) is 6.36. The van der Waals surface area contributed by atoms with Gasteiger partial charge >= 0.3 is 0 Å². The number of hydrogen-bond donors (Lipinski definition) is 1. The molecule has 0 saturated carbocycles. The van der Waals surface area contributed by atoms with Crippen molar-refractivity contribution in [3.05, 3.63) is 0 Å². The number of carbonyl (C=O) groups excluding carboxylic acids is 1. The van der Waals surface area contributed by atoms with E-state index in [4.69, 9.17) is 5.73 Å². The van der Waals surface area contributed by atoms with Gasteiger partial charge < -0.3 is 5.73 Å². The third-order valence-electron chi connectivity index (χ3n) is 1.63.